The summed E-state index contributed by atoms with van der Waals surface area (Å²) in [6.07, 6.45) is 0. The Kier molecular flexibility index (Phi) is 14.1. The summed E-state index contributed by atoms with van der Waals surface area (Å²) in [6.45, 7) is 0. The SMILES string of the molecule is CN1c2c(ccc3ccccc23)Sc2ccc3ccccc3c21.CN1c2cc3ccccc3cc2Sc2c1ccc1ccccc21.CN1c2cc3ccccc3cc2Sc2cc3ccccc3cc21.CN1c2ccc3ccccc3c2Sc2c1ccc1ccccc21. The van der Waals surface area contributed by atoms with E-state index in [1.807, 2.05) is 47.0 Å². The molecule has 0 atom stereocenters. The molecule has 0 spiro atoms. The largest absolute Gasteiger partial charge is 0.343 e. The first-order valence-corrected chi connectivity index (χ1v) is 34.4. The van der Waals surface area contributed by atoms with Gasteiger partial charge in [0, 0.05) is 78.1 Å². The molecule has 92 heavy (non-hydrogen) atoms. The topological polar surface area (TPSA) is 13.0 Å². The molecular formula is C84H60N4S4. The molecule has 0 unspecified atom stereocenters. The van der Waals surface area contributed by atoms with Gasteiger partial charge in [0.15, 0.2) is 0 Å². The molecule has 0 amide bonds. The van der Waals surface area contributed by atoms with Crippen LogP contribution >= 0.6 is 47.0 Å². The third kappa shape index (κ3) is 9.75. The molecular weight excluding hydrogens is 1190 g/mol. The van der Waals surface area contributed by atoms with Crippen LogP contribution in [-0.2, 0) is 0 Å². The molecule has 0 saturated heterocycles. The Labute approximate surface area is 552 Å². The van der Waals surface area contributed by atoms with Gasteiger partial charge in [-0.3, -0.25) is 0 Å². The molecule has 4 nitrogen and oxygen atoms in total. The molecule has 4 heterocycles. The number of benzene rings is 16. The molecule has 0 fully saturated rings. The van der Waals surface area contributed by atoms with Crippen molar-refractivity contribution in [3.8, 4) is 0 Å². The molecule has 440 valence electrons. The van der Waals surface area contributed by atoms with E-state index >= 15 is 0 Å². The Morgan fingerprint density at radius 2 is 0.435 bits per heavy atom. The summed E-state index contributed by atoms with van der Waals surface area (Å²) in [5, 5.41) is 20.9. The van der Waals surface area contributed by atoms with Gasteiger partial charge < -0.3 is 19.6 Å². The fraction of sp³-hybridized carbons (Fsp3) is 0.0476. The zero-order valence-corrected chi connectivity index (χ0v) is 54.4. The third-order valence-corrected chi connectivity index (χ3v) is 23.1. The smallest absolute Gasteiger partial charge is 0.0630 e. The van der Waals surface area contributed by atoms with Crippen molar-refractivity contribution in [2.24, 2.45) is 0 Å². The highest BCUT2D eigenvalue weighted by molar-refractivity contribution is 8.00. The van der Waals surface area contributed by atoms with E-state index in [1.54, 1.807) is 0 Å². The van der Waals surface area contributed by atoms with Gasteiger partial charge in [0.2, 0.25) is 0 Å². The summed E-state index contributed by atoms with van der Waals surface area (Å²) >= 11 is 7.54. The molecule has 0 saturated carbocycles. The Morgan fingerprint density at radius 3 is 0.804 bits per heavy atom. The van der Waals surface area contributed by atoms with Gasteiger partial charge in [-0.25, -0.2) is 0 Å². The zero-order chi connectivity index (χ0) is 61.6. The third-order valence-electron chi connectivity index (χ3n) is 18.5. The van der Waals surface area contributed by atoms with Crippen molar-refractivity contribution in [3.05, 3.63) is 291 Å². The van der Waals surface area contributed by atoms with Gasteiger partial charge in [-0.1, -0.05) is 272 Å². The van der Waals surface area contributed by atoms with Crippen LogP contribution < -0.4 is 19.6 Å². The van der Waals surface area contributed by atoms with E-state index in [0.29, 0.717) is 0 Å². The molecule has 20 rings (SSSR count). The quantitative estimate of drug-likeness (QED) is 0.147. The molecule has 0 aliphatic carbocycles. The van der Waals surface area contributed by atoms with E-state index in [0.717, 1.165) is 0 Å². The summed E-state index contributed by atoms with van der Waals surface area (Å²) in [6, 6.07) is 105. The van der Waals surface area contributed by atoms with E-state index in [9.17, 15) is 0 Å². The van der Waals surface area contributed by atoms with Gasteiger partial charge in [0.05, 0.1) is 45.5 Å². The van der Waals surface area contributed by atoms with Crippen LogP contribution in [0, 0.1) is 0 Å². The highest BCUT2D eigenvalue weighted by Crippen LogP contribution is 2.56. The Morgan fingerprint density at radius 1 is 0.185 bits per heavy atom. The lowest BCUT2D eigenvalue weighted by molar-refractivity contribution is 1.12. The number of rotatable bonds is 0. The summed E-state index contributed by atoms with van der Waals surface area (Å²) in [4.78, 5) is 20.0. The first-order valence-electron chi connectivity index (χ1n) is 31.1. The standard InChI is InChI=1S/4C21H15NS/c1-22-18-10-14-6-2-4-8-16(14)12-20(18)23-21-13-17-9-5-3-7-15(17)11-19(21)22;1-22-20-16-8-4-2-6-14(16)10-12-18(20)23-19-13-11-15-7-3-5-9-17(15)21(19)22;1-22-18-12-10-14-6-2-4-8-16(14)20(18)23-21-17-9-5-3-7-15(17)11-13-19(21)22;1-22-18-11-10-14-6-4-5-9-17(14)21(18)23-20-13-16-8-3-2-7-15(16)12-19(20)22/h4*2-13H,1H3. The highest BCUT2D eigenvalue weighted by Gasteiger charge is 2.28. The van der Waals surface area contributed by atoms with Crippen LogP contribution in [0.4, 0.5) is 45.5 Å². The van der Waals surface area contributed by atoms with Crippen LogP contribution in [0.25, 0.3) is 86.2 Å². The van der Waals surface area contributed by atoms with Gasteiger partial charge in [0.1, 0.15) is 0 Å². The monoisotopic (exact) mass is 1250 g/mol. The van der Waals surface area contributed by atoms with Crippen LogP contribution in [0.1, 0.15) is 0 Å². The lowest BCUT2D eigenvalue weighted by atomic mass is 10.0. The summed E-state index contributed by atoms with van der Waals surface area (Å²) < 4.78 is 0. The van der Waals surface area contributed by atoms with Crippen LogP contribution in [0.3, 0.4) is 0 Å². The Hall–Kier alpha value is -9.80. The lowest BCUT2D eigenvalue weighted by Crippen LogP contribution is -2.15. The Bertz CT molecular complexity index is 5340. The highest BCUT2D eigenvalue weighted by atomic mass is 32.2. The van der Waals surface area contributed by atoms with E-state index < -0.39 is 0 Å². The van der Waals surface area contributed by atoms with E-state index in [-0.39, 0.29) is 0 Å². The summed E-state index contributed by atoms with van der Waals surface area (Å²) in [7, 11) is 8.69. The molecule has 0 aromatic heterocycles. The molecule has 0 bridgehead atoms. The van der Waals surface area contributed by atoms with Gasteiger partial charge >= 0.3 is 0 Å². The minimum absolute atomic E-state index is 1.29. The van der Waals surface area contributed by atoms with Crippen molar-refractivity contribution in [2.45, 2.75) is 39.2 Å². The van der Waals surface area contributed by atoms with Gasteiger partial charge in [0.25, 0.3) is 0 Å². The van der Waals surface area contributed by atoms with Crippen molar-refractivity contribution in [1.29, 1.82) is 0 Å². The summed E-state index contributed by atoms with van der Waals surface area (Å²) in [5.74, 6) is 0. The first-order chi connectivity index (χ1) is 45.3. The van der Waals surface area contributed by atoms with E-state index in [4.69, 9.17) is 0 Å². The van der Waals surface area contributed by atoms with Crippen molar-refractivity contribution in [3.63, 3.8) is 0 Å². The van der Waals surface area contributed by atoms with Crippen molar-refractivity contribution in [2.75, 3.05) is 47.8 Å². The maximum atomic E-state index is 2.37. The molecule has 0 radical (unpaired) electrons. The molecule has 16 aromatic carbocycles. The lowest BCUT2D eigenvalue weighted by Gasteiger charge is -2.32. The molecule has 16 aromatic rings. The molecule has 4 aliphatic heterocycles. The first kappa shape index (κ1) is 56.2. The predicted octanol–water partition coefficient (Wildman–Crippen LogP) is 24.9. The predicted molar refractivity (Wildman–Crippen MR) is 400 cm³/mol. The number of hydrogen-bond donors (Lipinski definition) is 0. The van der Waals surface area contributed by atoms with E-state index in [1.165, 1.54) is 171 Å². The second-order valence-electron chi connectivity index (χ2n) is 23.8. The fourth-order valence-electron chi connectivity index (χ4n) is 13.7. The fourth-order valence-corrected chi connectivity index (χ4v) is 18.9. The zero-order valence-electron chi connectivity index (χ0n) is 51.1. The van der Waals surface area contributed by atoms with Gasteiger partial charge in [-0.2, -0.15) is 0 Å². The Balaban J connectivity index is 0.0000000939. The molecule has 4 aliphatic rings. The molecule has 0 N–H and O–H groups in total. The maximum Gasteiger partial charge on any atom is 0.0630 e. The number of nitrogens with zero attached hydrogens (tertiary/aromatic N) is 4. The maximum absolute atomic E-state index is 2.37. The normalized spacial score (nSPS) is 13.2. The van der Waals surface area contributed by atoms with Gasteiger partial charge in [-0.05, 0) is 142 Å². The average molecular weight is 1250 g/mol. The second-order valence-corrected chi connectivity index (χ2v) is 28.1. The summed E-state index contributed by atoms with van der Waals surface area (Å²) in [5.41, 5.74) is 10.4. The van der Waals surface area contributed by atoms with Crippen molar-refractivity contribution < 1.29 is 0 Å². The molecule has 8 heteroatoms. The van der Waals surface area contributed by atoms with Crippen LogP contribution in [0.2, 0.25) is 0 Å². The second kappa shape index (κ2) is 23.2. The average Bonchev–Trinajstić information content (AvgIpc) is 1.08. The number of anilines is 8. The van der Waals surface area contributed by atoms with Crippen LogP contribution in [0.5, 0.6) is 0 Å². The van der Waals surface area contributed by atoms with Crippen LogP contribution in [0.15, 0.2) is 330 Å². The van der Waals surface area contributed by atoms with Crippen molar-refractivity contribution >= 4 is 179 Å². The minimum Gasteiger partial charge on any atom is -0.343 e. The number of fused-ring (bicyclic) bond motifs is 21. The van der Waals surface area contributed by atoms with Crippen LogP contribution in [-0.4, -0.2) is 28.2 Å². The van der Waals surface area contributed by atoms with E-state index in [2.05, 4.69) is 339 Å². The minimum atomic E-state index is 1.29. The van der Waals surface area contributed by atoms with Crippen molar-refractivity contribution in [1.82, 2.24) is 0 Å². The van der Waals surface area contributed by atoms with Gasteiger partial charge in [-0.15, -0.1) is 0 Å². The number of hydrogen-bond acceptors (Lipinski definition) is 8.